The predicted molar refractivity (Wildman–Crippen MR) is 183 cm³/mol. The monoisotopic (exact) mass is 592 g/mol. The maximum atomic E-state index is 7.25. The number of rotatable bonds is 5. The van der Waals surface area contributed by atoms with Crippen LogP contribution in [0.2, 0.25) is 0 Å². The molecule has 0 fully saturated rings. The van der Waals surface area contributed by atoms with Gasteiger partial charge >= 0.3 is 0 Å². The first-order chi connectivity index (χ1) is 21.5. The van der Waals surface area contributed by atoms with E-state index in [1.807, 2.05) is 6.07 Å². The van der Waals surface area contributed by atoms with Crippen molar-refractivity contribution in [2.75, 3.05) is 42.9 Å². The molecule has 2 aliphatic rings. The number of hydrogen-bond donors (Lipinski definition) is 0. The molecule has 0 saturated heterocycles. The van der Waals surface area contributed by atoms with Gasteiger partial charge in [0, 0.05) is 67.6 Å². The highest BCUT2D eigenvalue weighted by Crippen LogP contribution is 2.61. The van der Waals surface area contributed by atoms with Gasteiger partial charge < -0.3 is 19.4 Å². The van der Waals surface area contributed by atoms with Crippen LogP contribution in [0, 0.1) is 0 Å². The van der Waals surface area contributed by atoms with E-state index >= 15 is 0 Å². The first-order valence-corrected chi connectivity index (χ1v) is 15.6. The lowest BCUT2D eigenvalue weighted by molar-refractivity contribution is 0.161. The number of nitrogens with zero attached hydrogens (tertiary/aromatic N) is 4. The molecule has 6 aromatic rings. The van der Waals surface area contributed by atoms with Crippen molar-refractivity contribution >= 4 is 39.2 Å². The summed E-state index contributed by atoms with van der Waals surface area (Å²) in [5.74, 6) is 0.852. The molecular weight excluding hydrogens is 561 g/mol. The molecule has 1 aromatic heterocycles. The molecule has 1 aliphatic heterocycles. The largest absolute Gasteiger partial charge is 0.471 e. The van der Waals surface area contributed by atoms with Crippen LogP contribution in [0.15, 0.2) is 121 Å². The molecule has 6 heteroatoms. The summed E-state index contributed by atoms with van der Waals surface area (Å²) in [7, 11) is 8.36. The smallest absolute Gasteiger partial charge is 0.197 e. The molecule has 2 heterocycles. The molecule has 0 atom stereocenters. The second-order valence-electron chi connectivity index (χ2n) is 11.6. The van der Waals surface area contributed by atoms with Gasteiger partial charge in [-0.25, -0.2) is 4.98 Å². The van der Waals surface area contributed by atoms with Crippen LogP contribution in [0.25, 0.3) is 22.4 Å². The van der Waals surface area contributed by atoms with Crippen LogP contribution >= 0.6 is 11.3 Å². The molecule has 0 N–H and O–H groups in total. The molecule has 44 heavy (non-hydrogen) atoms. The van der Waals surface area contributed by atoms with E-state index in [9.17, 15) is 0 Å². The zero-order valence-electron chi connectivity index (χ0n) is 25.2. The molecule has 216 valence electrons. The molecule has 1 aliphatic carbocycles. The van der Waals surface area contributed by atoms with Gasteiger partial charge in [-0.1, -0.05) is 72.0 Å². The third-order valence-corrected chi connectivity index (χ3v) is 10.2. The van der Waals surface area contributed by atoms with Gasteiger partial charge in [-0.15, -0.1) is 0 Å². The zero-order valence-corrected chi connectivity index (χ0v) is 26.0. The lowest BCUT2D eigenvalue weighted by Crippen LogP contribution is -2.36. The first kappa shape index (κ1) is 26.5. The number of benzene rings is 5. The number of thiazole rings is 1. The third-order valence-electron chi connectivity index (χ3n) is 8.84. The number of hydrogen-bond acceptors (Lipinski definition) is 6. The van der Waals surface area contributed by atoms with Crippen molar-refractivity contribution < 1.29 is 4.74 Å². The average molecular weight is 593 g/mol. The summed E-state index contributed by atoms with van der Waals surface area (Å²) in [6, 6.07) is 42.9. The standard InChI is InChI=1S/C38H32N4OS/c1-40(2)37-39-35-29-17-11-12-18-34(29)43-38(36(35)44-37)32-21-19-27(41(3)25-13-7-5-8-14-25)23-30(32)31-24-28(20-22-33(31)38)42(4)26-15-9-6-10-16-26/h5-24H,1-4H3. The second-order valence-corrected chi connectivity index (χ2v) is 12.6. The average Bonchev–Trinajstić information content (AvgIpc) is 3.64. The summed E-state index contributed by atoms with van der Waals surface area (Å²) >= 11 is 1.71. The van der Waals surface area contributed by atoms with E-state index in [-0.39, 0.29) is 0 Å². The molecule has 0 saturated carbocycles. The van der Waals surface area contributed by atoms with E-state index in [1.54, 1.807) is 11.3 Å². The summed E-state index contributed by atoms with van der Waals surface area (Å²) < 4.78 is 7.25. The van der Waals surface area contributed by atoms with E-state index in [2.05, 4.69) is 158 Å². The zero-order chi connectivity index (χ0) is 30.0. The number of anilines is 5. The minimum atomic E-state index is -0.812. The fourth-order valence-electron chi connectivity index (χ4n) is 6.53. The summed E-state index contributed by atoms with van der Waals surface area (Å²) in [6.07, 6.45) is 0. The molecular formula is C38H32N4OS. The normalized spacial score (nSPS) is 13.4. The number of para-hydroxylation sites is 3. The van der Waals surface area contributed by atoms with Gasteiger partial charge in [0.25, 0.3) is 0 Å². The van der Waals surface area contributed by atoms with Gasteiger partial charge in [-0.2, -0.15) is 0 Å². The van der Waals surface area contributed by atoms with Gasteiger partial charge in [0.1, 0.15) is 5.75 Å². The fourth-order valence-corrected chi connectivity index (χ4v) is 7.69. The lowest BCUT2D eigenvalue weighted by Gasteiger charge is -2.36. The van der Waals surface area contributed by atoms with Gasteiger partial charge in [0.15, 0.2) is 10.7 Å². The summed E-state index contributed by atoms with van der Waals surface area (Å²) in [4.78, 5) is 12.9. The molecule has 1 spiro atoms. The molecule has 0 unspecified atom stereocenters. The Labute approximate surface area is 262 Å². The maximum Gasteiger partial charge on any atom is 0.197 e. The van der Waals surface area contributed by atoms with Crippen LogP contribution in [-0.2, 0) is 5.60 Å². The summed E-state index contributed by atoms with van der Waals surface area (Å²) in [6.45, 7) is 0. The topological polar surface area (TPSA) is 31.8 Å². The third kappa shape index (κ3) is 3.87. The fraction of sp³-hybridized carbons (Fsp3) is 0.132. The molecule has 0 bridgehead atoms. The molecule has 5 nitrogen and oxygen atoms in total. The second kappa shape index (κ2) is 10.00. The van der Waals surface area contributed by atoms with Gasteiger partial charge in [0.05, 0.1) is 10.6 Å². The highest BCUT2D eigenvalue weighted by molar-refractivity contribution is 7.16. The van der Waals surface area contributed by atoms with Crippen molar-refractivity contribution in [3.8, 4) is 28.1 Å². The van der Waals surface area contributed by atoms with Crippen LogP contribution in [0.4, 0.5) is 27.9 Å². The Balaban J connectivity index is 1.38. The SMILES string of the molecule is CN(C)c1nc2c(s1)C1(Oc3ccccc3-2)c2ccc(N(C)c3ccccc3)cc2-c2cc(N(C)c3ccccc3)ccc21. The Morgan fingerprint density at radius 3 is 1.64 bits per heavy atom. The molecule has 8 rings (SSSR count). The highest BCUT2D eigenvalue weighted by atomic mass is 32.1. The van der Waals surface area contributed by atoms with Crippen LogP contribution in [-0.4, -0.2) is 33.2 Å². The van der Waals surface area contributed by atoms with Crippen LogP contribution in [0.3, 0.4) is 0 Å². The van der Waals surface area contributed by atoms with Gasteiger partial charge in [-0.3, -0.25) is 0 Å². The molecule has 0 amide bonds. The van der Waals surface area contributed by atoms with E-state index in [0.29, 0.717) is 0 Å². The summed E-state index contributed by atoms with van der Waals surface area (Å²) in [5.41, 5.74) is 10.4. The van der Waals surface area contributed by atoms with Crippen LogP contribution in [0.1, 0.15) is 16.0 Å². The first-order valence-electron chi connectivity index (χ1n) is 14.8. The quantitative estimate of drug-likeness (QED) is 0.199. The number of ether oxygens (including phenoxy) is 1. The Hall–Kier alpha value is -5.07. The Bertz CT molecular complexity index is 1920. The molecule has 0 radical (unpaired) electrons. The Kier molecular flexibility index (Phi) is 6.03. The van der Waals surface area contributed by atoms with Crippen molar-refractivity contribution in [1.29, 1.82) is 0 Å². The van der Waals surface area contributed by atoms with Crippen molar-refractivity contribution in [3.63, 3.8) is 0 Å². The number of aromatic nitrogens is 1. The highest BCUT2D eigenvalue weighted by Gasteiger charge is 2.53. The maximum absolute atomic E-state index is 7.25. The molecule has 5 aromatic carbocycles. The van der Waals surface area contributed by atoms with Crippen molar-refractivity contribution in [1.82, 2.24) is 4.98 Å². The lowest BCUT2D eigenvalue weighted by atomic mass is 9.85. The van der Waals surface area contributed by atoms with Crippen molar-refractivity contribution in [2.24, 2.45) is 0 Å². The summed E-state index contributed by atoms with van der Waals surface area (Å²) in [5, 5.41) is 0.963. The van der Waals surface area contributed by atoms with Gasteiger partial charge in [0.2, 0.25) is 0 Å². The van der Waals surface area contributed by atoms with Crippen molar-refractivity contribution in [2.45, 2.75) is 5.60 Å². The predicted octanol–water partition coefficient (Wildman–Crippen LogP) is 9.08. The van der Waals surface area contributed by atoms with Crippen LogP contribution in [0.5, 0.6) is 5.75 Å². The van der Waals surface area contributed by atoms with E-state index < -0.39 is 5.60 Å². The van der Waals surface area contributed by atoms with E-state index in [1.165, 1.54) is 11.1 Å². The number of fused-ring (bicyclic) bond motifs is 9. The Morgan fingerprint density at radius 2 is 1.09 bits per heavy atom. The Morgan fingerprint density at radius 1 is 0.568 bits per heavy atom. The van der Waals surface area contributed by atoms with Gasteiger partial charge in [-0.05, 0) is 71.8 Å². The van der Waals surface area contributed by atoms with Crippen molar-refractivity contribution in [3.05, 3.63) is 137 Å². The van der Waals surface area contributed by atoms with E-state index in [0.717, 1.165) is 60.9 Å². The van der Waals surface area contributed by atoms with Crippen LogP contribution < -0.4 is 19.4 Å². The minimum Gasteiger partial charge on any atom is -0.471 e. The van der Waals surface area contributed by atoms with E-state index in [4.69, 9.17) is 9.72 Å². The minimum absolute atomic E-state index is 0.812.